The number of hydrogen-bond donors (Lipinski definition) is 0. The molecule has 3 amide bonds. The van der Waals surface area contributed by atoms with Crippen LogP contribution in [0.4, 0.5) is 16.2 Å². The number of carbonyl (C=O) groups excluding carboxylic acids is 3. The normalized spacial score (nSPS) is 14.9. The van der Waals surface area contributed by atoms with Gasteiger partial charge in [0.05, 0.1) is 23.5 Å². The first-order valence-electron chi connectivity index (χ1n) is 13.5. The molecule has 37 heavy (non-hydrogen) atoms. The third-order valence-electron chi connectivity index (χ3n) is 6.59. The van der Waals surface area contributed by atoms with Crippen molar-refractivity contribution in [2.45, 2.75) is 79.4 Å². The highest BCUT2D eigenvalue weighted by Gasteiger charge is 2.34. The zero-order chi connectivity index (χ0) is 27.1. The molecule has 0 radical (unpaired) electrons. The summed E-state index contributed by atoms with van der Waals surface area (Å²) in [7, 11) is 0. The van der Waals surface area contributed by atoms with Gasteiger partial charge in [0, 0.05) is 32.1 Å². The van der Waals surface area contributed by atoms with Crippen LogP contribution in [-0.4, -0.2) is 54.6 Å². The number of fused-ring (bicyclic) bond motifs is 1. The minimum atomic E-state index is -0.427. The first kappa shape index (κ1) is 28.2. The third-order valence-corrected chi connectivity index (χ3v) is 6.59. The molecule has 1 aliphatic rings. The summed E-state index contributed by atoms with van der Waals surface area (Å²) >= 11 is 0. The van der Waals surface area contributed by atoms with Crippen LogP contribution in [-0.2, 0) is 9.53 Å². The molecule has 0 N–H and O–H groups in total. The Kier molecular flexibility index (Phi) is 9.73. The van der Waals surface area contributed by atoms with E-state index in [0.29, 0.717) is 23.5 Å². The molecule has 0 aliphatic carbocycles. The first-order valence-corrected chi connectivity index (χ1v) is 13.5. The number of rotatable bonds is 9. The summed E-state index contributed by atoms with van der Waals surface area (Å²) in [6.45, 7) is 13.2. The molecule has 3 rings (SSSR count). The van der Waals surface area contributed by atoms with Crippen molar-refractivity contribution in [3.05, 3.63) is 48.0 Å². The van der Waals surface area contributed by atoms with E-state index in [9.17, 15) is 14.4 Å². The van der Waals surface area contributed by atoms with E-state index >= 15 is 0 Å². The van der Waals surface area contributed by atoms with Gasteiger partial charge < -0.3 is 14.5 Å². The lowest BCUT2D eigenvalue weighted by Gasteiger charge is -2.40. The van der Waals surface area contributed by atoms with Gasteiger partial charge in [-0.3, -0.25) is 14.5 Å². The van der Waals surface area contributed by atoms with E-state index in [1.807, 2.05) is 68.1 Å². The fourth-order valence-electron chi connectivity index (χ4n) is 4.85. The largest absolute Gasteiger partial charge is 0.446 e. The molecule has 0 saturated heterocycles. The van der Waals surface area contributed by atoms with Crippen molar-refractivity contribution in [1.82, 2.24) is 4.90 Å². The number of anilines is 2. The topological polar surface area (TPSA) is 70.2 Å². The predicted molar refractivity (Wildman–Crippen MR) is 149 cm³/mol. The minimum Gasteiger partial charge on any atom is -0.446 e. The number of carbonyl (C=O) groups is 3. The molecular formula is C30H41N3O4. The Morgan fingerprint density at radius 1 is 0.946 bits per heavy atom. The van der Waals surface area contributed by atoms with Gasteiger partial charge in [-0.25, -0.2) is 4.79 Å². The van der Waals surface area contributed by atoms with Crippen molar-refractivity contribution in [3.8, 4) is 11.1 Å². The molecule has 0 fully saturated rings. The monoisotopic (exact) mass is 507 g/mol. The van der Waals surface area contributed by atoms with Crippen LogP contribution in [0.3, 0.4) is 0 Å². The van der Waals surface area contributed by atoms with E-state index in [1.54, 1.807) is 9.80 Å². The Hall–Kier alpha value is -3.35. The molecule has 2 aromatic rings. The van der Waals surface area contributed by atoms with Crippen LogP contribution >= 0.6 is 0 Å². The standard InChI is InChI=1S/C30H41N3O4/c1-7-9-10-18-31(17-8-2)29(35)25-13-11-24(12-14-25)26-15-16-27-28(19-26)32(30(36)37-21(3)4)20-22(5)33(27)23(6)34/h11-16,19,21-22H,7-10,17-18,20H2,1-6H3/t22-/m0/s1. The lowest BCUT2D eigenvalue weighted by atomic mass is 9.99. The van der Waals surface area contributed by atoms with Crippen molar-refractivity contribution in [3.63, 3.8) is 0 Å². The Morgan fingerprint density at radius 3 is 2.22 bits per heavy atom. The smallest absolute Gasteiger partial charge is 0.414 e. The first-order chi connectivity index (χ1) is 17.7. The van der Waals surface area contributed by atoms with E-state index in [-0.39, 0.29) is 24.0 Å². The summed E-state index contributed by atoms with van der Waals surface area (Å²) < 4.78 is 5.50. The molecule has 7 nitrogen and oxygen atoms in total. The van der Waals surface area contributed by atoms with Crippen LogP contribution in [0, 0.1) is 0 Å². The molecule has 0 saturated carbocycles. The molecule has 2 aromatic carbocycles. The van der Waals surface area contributed by atoms with Gasteiger partial charge in [-0.2, -0.15) is 0 Å². The summed E-state index contributed by atoms with van der Waals surface area (Å²) in [5.74, 6) is -0.0135. The fraction of sp³-hybridized carbons (Fsp3) is 0.500. The average molecular weight is 508 g/mol. The Labute approximate surface area is 221 Å². The van der Waals surface area contributed by atoms with Gasteiger partial charge in [0.1, 0.15) is 0 Å². The van der Waals surface area contributed by atoms with Gasteiger partial charge in [-0.15, -0.1) is 0 Å². The van der Waals surface area contributed by atoms with Crippen molar-refractivity contribution >= 4 is 29.3 Å². The Morgan fingerprint density at radius 2 is 1.62 bits per heavy atom. The summed E-state index contributed by atoms with van der Waals surface area (Å²) in [5, 5.41) is 0. The van der Waals surface area contributed by atoms with E-state index < -0.39 is 6.09 Å². The zero-order valence-corrected chi connectivity index (χ0v) is 23.1. The highest BCUT2D eigenvalue weighted by Crippen LogP contribution is 2.39. The number of benzene rings is 2. The van der Waals surface area contributed by atoms with Gasteiger partial charge in [-0.1, -0.05) is 44.9 Å². The number of nitrogens with zero attached hydrogens (tertiary/aromatic N) is 3. The summed E-state index contributed by atoms with van der Waals surface area (Å²) in [5.41, 5.74) is 3.82. The molecule has 0 spiro atoms. The van der Waals surface area contributed by atoms with Crippen molar-refractivity contribution in [2.75, 3.05) is 29.4 Å². The van der Waals surface area contributed by atoms with Gasteiger partial charge in [0.2, 0.25) is 5.91 Å². The van der Waals surface area contributed by atoms with Crippen molar-refractivity contribution in [2.24, 2.45) is 0 Å². The quantitative estimate of drug-likeness (QED) is 0.363. The molecule has 1 aliphatic heterocycles. The SMILES string of the molecule is CCCCCN(CCC)C(=O)c1ccc(-c2ccc3c(c2)N(C(=O)OC(C)C)C[C@H](C)N3C(C)=O)cc1. The van der Waals surface area contributed by atoms with Crippen molar-refractivity contribution in [1.29, 1.82) is 0 Å². The Bertz CT molecular complexity index is 1100. The number of ether oxygens (including phenoxy) is 1. The van der Waals surface area contributed by atoms with Crippen LogP contribution in [0.25, 0.3) is 11.1 Å². The lowest BCUT2D eigenvalue weighted by molar-refractivity contribution is -0.117. The fourth-order valence-corrected chi connectivity index (χ4v) is 4.85. The van der Waals surface area contributed by atoms with Crippen LogP contribution in [0.5, 0.6) is 0 Å². The highest BCUT2D eigenvalue weighted by molar-refractivity contribution is 6.03. The molecule has 7 heteroatoms. The maximum absolute atomic E-state index is 13.1. The van der Waals surface area contributed by atoms with Gasteiger partial charge in [0.15, 0.2) is 0 Å². The Balaban J connectivity index is 1.91. The summed E-state index contributed by atoms with van der Waals surface area (Å²) in [4.78, 5) is 43.8. The van der Waals surface area contributed by atoms with E-state index in [2.05, 4.69) is 13.8 Å². The molecule has 0 aromatic heterocycles. The highest BCUT2D eigenvalue weighted by atomic mass is 16.6. The maximum Gasteiger partial charge on any atom is 0.414 e. The van der Waals surface area contributed by atoms with E-state index in [1.165, 1.54) is 6.92 Å². The number of amides is 3. The van der Waals surface area contributed by atoms with Crippen LogP contribution in [0.15, 0.2) is 42.5 Å². The molecule has 0 unspecified atom stereocenters. The number of hydrogen-bond acceptors (Lipinski definition) is 4. The van der Waals surface area contributed by atoms with E-state index in [0.717, 1.165) is 49.9 Å². The molecule has 200 valence electrons. The molecule has 1 atom stereocenters. The summed E-state index contributed by atoms with van der Waals surface area (Å²) in [6.07, 6.45) is 3.51. The average Bonchev–Trinajstić information content (AvgIpc) is 2.86. The van der Waals surface area contributed by atoms with Crippen LogP contribution in [0.2, 0.25) is 0 Å². The molecule has 1 heterocycles. The minimum absolute atomic E-state index is 0.0589. The zero-order valence-electron chi connectivity index (χ0n) is 23.1. The molecule has 0 bridgehead atoms. The second kappa shape index (κ2) is 12.7. The van der Waals surface area contributed by atoms with Gasteiger partial charge in [0.25, 0.3) is 5.91 Å². The van der Waals surface area contributed by atoms with Gasteiger partial charge in [-0.05, 0) is 69.0 Å². The summed E-state index contributed by atoms with van der Waals surface area (Å²) in [6, 6.07) is 13.2. The van der Waals surface area contributed by atoms with E-state index in [4.69, 9.17) is 4.74 Å². The molecular weight excluding hydrogens is 466 g/mol. The van der Waals surface area contributed by atoms with Gasteiger partial charge >= 0.3 is 6.09 Å². The lowest BCUT2D eigenvalue weighted by Crippen LogP contribution is -2.51. The maximum atomic E-state index is 13.1. The van der Waals surface area contributed by atoms with Crippen LogP contribution in [0.1, 0.15) is 77.6 Å². The number of unbranched alkanes of at least 4 members (excludes halogenated alkanes) is 2. The van der Waals surface area contributed by atoms with Crippen molar-refractivity contribution < 1.29 is 19.1 Å². The third kappa shape index (κ3) is 6.70. The predicted octanol–water partition coefficient (Wildman–Crippen LogP) is 6.50. The van der Waals surface area contributed by atoms with Crippen LogP contribution < -0.4 is 9.80 Å². The second-order valence-corrected chi connectivity index (χ2v) is 10.1. The second-order valence-electron chi connectivity index (χ2n) is 10.1.